The lowest BCUT2D eigenvalue weighted by atomic mass is 10.4. The van der Waals surface area contributed by atoms with Gasteiger partial charge in [-0.1, -0.05) is 12.2 Å². The topological polar surface area (TPSA) is 6.48 Å². The molecule has 0 atom stereocenters. The van der Waals surface area contributed by atoms with E-state index in [2.05, 4.69) is 16.8 Å². The summed E-state index contributed by atoms with van der Waals surface area (Å²) < 4.78 is 0. The summed E-state index contributed by atoms with van der Waals surface area (Å²) in [5.74, 6) is 0. The fourth-order valence-electron chi connectivity index (χ4n) is 0.927. The molecule has 0 aromatic heterocycles. The van der Waals surface area contributed by atoms with E-state index in [0.29, 0.717) is 0 Å². The molecule has 0 saturated carbocycles. The quantitative estimate of drug-likeness (QED) is 0.485. The normalized spacial score (nSPS) is 22.1. The minimum absolute atomic E-state index is 1.10. The van der Waals surface area contributed by atoms with Crippen LogP contribution in [0, 0.1) is 0 Å². The van der Waals surface area contributed by atoms with Gasteiger partial charge in [-0.25, -0.2) is 0 Å². The second kappa shape index (κ2) is 3.13. The molecule has 0 spiro atoms. The maximum absolute atomic E-state index is 4.79. The van der Waals surface area contributed by atoms with Crippen LogP contribution in [0.15, 0.2) is 0 Å². The van der Waals surface area contributed by atoms with Gasteiger partial charge in [0.1, 0.15) is 0 Å². The highest BCUT2D eigenvalue weighted by atomic mass is 32.1. The Hall–Kier alpha value is -0.150. The van der Waals surface area contributed by atoms with Crippen molar-refractivity contribution in [3.05, 3.63) is 0 Å². The predicted octanol–water partition coefficient (Wildman–Crippen LogP) is 0.191. The first-order valence-electron chi connectivity index (χ1n) is 3.21. The largest absolute Gasteiger partial charge is 0.366 e. The summed E-state index contributed by atoms with van der Waals surface area (Å²) in [6, 6.07) is 0. The van der Waals surface area contributed by atoms with Crippen molar-refractivity contribution >= 4 is 17.7 Å². The van der Waals surface area contributed by atoms with Gasteiger partial charge in [-0.05, 0) is 7.05 Å². The van der Waals surface area contributed by atoms with Gasteiger partial charge in [-0.2, -0.15) is 0 Å². The lowest BCUT2D eigenvalue weighted by Crippen LogP contribution is -2.43. The molecule has 1 aliphatic heterocycles. The van der Waals surface area contributed by atoms with E-state index in [4.69, 9.17) is 12.2 Å². The van der Waals surface area contributed by atoms with Gasteiger partial charge in [0.2, 0.25) is 0 Å². The number of hydrogen-bond donors (Lipinski definition) is 0. The highest BCUT2D eigenvalue weighted by Gasteiger charge is 2.08. The second-order valence-electron chi connectivity index (χ2n) is 2.44. The molecule has 1 rings (SSSR count). The summed E-state index contributed by atoms with van der Waals surface area (Å²) in [4.78, 5) is 4.49. The van der Waals surface area contributed by atoms with Gasteiger partial charge in [-0.3, -0.25) is 0 Å². The molecule has 0 N–H and O–H groups in total. The molecule has 1 fully saturated rings. The highest BCUT2D eigenvalue weighted by Crippen LogP contribution is 1.94. The van der Waals surface area contributed by atoms with Crippen LogP contribution in [-0.2, 0) is 0 Å². The highest BCUT2D eigenvalue weighted by molar-refractivity contribution is 7.78. The molecular formula is C6H12N2S. The maximum atomic E-state index is 4.79. The summed E-state index contributed by atoms with van der Waals surface area (Å²) in [7, 11) is 2.14. The molecule has 3 heteroatoms. The van der Waals surface area contributed by atoms with Crippen LogP contribution in [0.1, 0.15) is 0 Å². The summed E-state index contributed by atoms with van der Waals surface area (Å²) in [5.41, 5.74) is 1.76. The van der Waals surface area contributed by atoms with Crippen molar-refractivity contribution in [2.75, 3.05) is 33.2 Å². The SMILES string of the molecule is CN1CCN(C=S)CC1. The monoisotopic (exact) mass is 144 g/mol. The molecule has 0 amide bonds. The number of piperazine rings is 1. The third-order valence-corrected chi connectivity index (χ3v) is 1.99. The number of hydrogen-bond acceptors (Lipinski definition) is 2. The third kappa shape index (κ3) is 1.91. The van der Waals surface area contributed by atoms with Crippen LogP contribution in [0.5, 0.6) is 0 Å². The van der Waals surface area contributed by atoms with Crippen LogP contribution in [0.2, 0.25) is 0 Å². The Kier molecular flexibility index (Phi) is 2.42. The Morgan fingerprint density at radius 2 is 1.78 bits per heavy atom. The van der Waals surface area contributed by atoms with Crippen molar-refractivity contribution in [3.63, 3.8) is 0 Å². The fourth-order valence-corrected chi connectivity index (χ4v) is 1.14. The van der Waals surface area contributed by atoms with Crippen molar-refractivity contribution in [1.29, 1.82) is 0 Å². The van der Waals surface area contributed by atoms with Gasteiger partial charge in [0.05, 0.1) is 5.49 Å². The van der Waals surface area contributed by atoms with Gasteiger partial charge < -0.3 is 9.80 Å². The van der Waals surface area contributed by atoms with Gasteiger partial charge in [-0.15, -0.1) is 0 Å². The molecule has 0 aliphatic carbocycles. The number of rotatable bonds is 1. The zero-order valence-electron chi connectivity index (χ0n) is 5.71. The Balaban J connectivity index is 2.26. The Morgan fingerprint density at radius 1 is 1.22 bits per heavy atom. The minimum atomic E-state index is 1.10. The molecule has 9 heavy (non-hydrogen) atoms. The summed E-state index contributed by atoms with van der Waals surface area (Å²) in [6.45, 7) is 4.49. The molecule has 2 nitrogen and oxygen atoms in total. The molecule has 1 aliphatic rings. The Bertz CT molecular complexity index is 97.2. The first kappa shape index (κ1) is 6.96. The van der Waals surface area contributed by atoms with E-state index in [0.717, 1.165) is 26.2 Å². The van der Waals surface area contributed by atoms with Crippen LogP contribution >= 0.6 is 12.2 Å². The molecule has 0 unspecified atom stereocenters. The van der Waals surface area contributed by atoms with Gasteiger partial charge >= 0.3 is 0 Å². The zero-order valence-corrected chi connectivity index (χ0v) is 6.52. The fraction of sp³-hybridized carbons (Fsp3) is 0.833. The number of thiocarbonyl (C=S) groups is 1. The standard InChI is InChI=1S/C6H12N2S/c1-7-2-4-8(6-9)5-3-7/h6H,2-5H2,1H3. The third-order valence-electron chi connectivity index (χ3n) is 1.69. The molecule has 0 aromatic carbocycles. The van der Waals surface area contributed by atoms with E-state index in [9.17, 15) is 0 Å². The van der Waals surface area contributed by atoms with Crippen LogP contribution in [0.25, 0.3) is 0 Å². The number of nitrogens with zero attached hydrogens (tertiary/aromatic N) is 2. The molecule has 0 bridgehead atoms. The molecular weight excluding hydrogens is 132 g/mol. The van der Waals surface area contributed by atoms with Crippen LogP contribution in [0.3, 0.4) is 0 Å². The molecule has 52 valence electrons. The summed E-state index contributed by atoms with van der Waals surface area (Å²) in [5, 5.41) is 0. The predicted molar refractivity (Wildman–Crippen MR) is 42.7 cm³/mol. The average molecular weight is 144 g/mol. The first-order valence-corrected chi connectivity index (χ1v) is 3.68. The maximum Gasteiger partial charge on any atom is 0.0641 e. The van der Waals surface area contributed by atoms with Gasteiger partial charge in [0, 0.05) is 26.2 Å². The van der Waals surface area contributed by atoms with Crippen molar-refractivity contribution in [2.45, 2.75) is 0 Å². The van der Waals surface area contributed by atoms with E-state index >= 15 is 0 Å². The van der Waals surface area contributed by atoms with Gasteiger partial charge in [0.25, 0.3) is 0 Å². The van der Waals surface area contributed by atoms with Crippen molar-refractivity contribution in [1.82, 2.24) is 9.80 Å². The zero-order chi connectivity index (χ0) is 6.69. The van der Waals surface area contributed by atoms with Crippen LogP contribution < -0.4 is 0 Å². The minimum Gasteiger partial charge on any atom is -0.366 e. The second-order valence-corrected chi connectivity index (χ2v) is 2.66. The summed E-state index contributed by atoms with van der Waals surface area (Å²) in [6.07, 6.45) is 0. The van der Waals surface area contributed by atoms with Crippen molar-refractivity contribution in [2.24, 2.45) is 0 Å². The average Bonchev–Trinajstić information content (AvgIpc) is 1.90. The van der Waals surface area contributed by atoms with Crippen molar-refractivity contribution < 1.29 is 0 Å². The number of likely N-dealkylation sites (N-methyl/N-ethyl adjacent to an activating group) is 1. The van der Waals surface area contributed by atoms with Crippen LogP contribution in [-0.4, -0.2) is 48.5 Å². The lowest BCUT2D eigenvalue weighted by Gasteiger charge is -2.30. The smallest absolute Gasteiger partial charge is 0.0641 e. The molecule has 1 heterocycles. The van der Waals surface area contributed by atoms with E-state index in [1.54, 1.807) is 5.49 Å². The molecule has 0 radical (unpaired) electrons. The Morgan fingerprint density at radius 3 is 2.22 bits per heavy atom. The van der Waals surface area contributed by atoms with E-state index < -0.39 is 0 Å². The first-order chi connectivity index (χ1) is 4.33. The Labute approximate surface area is 61.4 Å². The van der Waals surface area contributed by atoms with Crippen LogP contribution in [0.4, 0.5) is 0 Å². The molecule has 0 aromatic rings. The summed E-state index contributed by atoms with van der Waals surface area (Å²) >= 11 is 4.79. The lowest BCUT2D eigenvalue weighted by molar-refractivity contribution is 0.221. The van der Waals surface area contributed by atoms with Crippen molar-refractivity contribution in [3.8, 4) is 0 Å². The van der Waals surface area contributed by atoms with E-state index in [1.165, 1.54) is 0 Å². The molecule has 1 saturated heterocycles. The van der Waals surface area contributed by atoms with E-state index in [-0.39, 0.29) is 0 Å². The van der Waals surface area contributed by atoms with E-state index in [1.807, 2.05) is 0 Å². The van der Waals surface area contributed by atoms with Gasteiger partial charge in [0.15, 0.2) is 0 Å².